The number of nitro benzene ring substituents is 1. The van der Waals surface area contributed by atoms with Crippen molar-refractivity contribution in [3.05, 3.63) is 74.1 Å². The Hall–Kier alpha value is -3.03. The van der Waals surface area contributed by atoms with Crippen molar-refractivity contribution < 1.29 is 13.7 Å². The van der Waals surface area contributed by atoms with Crippen molar-refractivity contribution in [1.29, 1.82) is 0 Å². The first kappa shape index (κ1) is 13.9. The first-order chi connectivity index (χ1) is 10.5. The van der Waals surface area contributed by atoms with Gasteiger partial charge in [-0.05, 0) is 23.8 Å². The fourth-order valence-corrected chi connectivity index (χ4v) is 2.24. The molecule has 0 bridgehead atoms. The van der Waals surface area contributed by atoms with Crippen molar-refractivity contribution >= 4 is 16.6 Å². The maximum Gasteiger partial charge on any atom is 0.272 e. The van der Waals surface area contributed by atoms with Gasteiger partial charge in [0.25, 0.3) is 11.2 Å². The Labute approximate surface area is 121 Å². The molecular weight excluding hydrogens is 296 g/mol. The Morgan fingerprint density at radius 3 is 2.59 bits per heavy atom. The average molecular weight is 305 g/mol. The fourth-order valence-electron chi connectivity index (χ4n) is 2.24. The molecule has 0 aliphatic heterocycles. The smallest absolute Gasteiger partial charge is 0.272 e. The monoisotopic (exact) mass is 305 g/mol. The third-order valence-corrected chi connectivity index (χ3v) is 3.29. The van der Waals surface area contributed by atoms with Gasteiger partial charge in [0, 0.05) is 12.1 Å². The second-order valence-corrected chi connectivity index (χ2v) is 4.73. The molecule has 6 nitrogen and oxygen atoms in total. The van der Waals surface area contributed by atoms with Crippen LogP contribution in [0.5, 0.6) is 0 Å². The summed E-state index contributed by atoms with van der Waals surface area (Å²) < 4.78 is 27.5. The summed E-state index contributed by atoms with van der Waals surface area (Å²) in [4.78, 5) is 22.0. The Bertz CT molecular complexity index is 946. The van der Waals surface area contributed by atoms with E-state index in [9.17, 15) is 23.7 Å². The van der Waals surface area contributed by atoms with Crippen LogP contribution in [0.2, 0.25) is 0 Å². The maximum absolute atomic E-state index is 13.2. The number of nitro groups is 1. The van der Waals surface area contributed by atoms with E-state index in [1.165, 1.54) is 28.9 Å². The zero-order chi connectivity index (χ0) is 15.9. The minimum atomic E-state index is -0.980. The number of benzene rings is 2. The Morgan fingerprint density at radius 1 is 1.14 bits per heavy atom. The third-order valence-electron chi connectivity index (χ3n) is 3.29. The highest BCUT2D eigenvalue weighted by Gasteiger charge is 2.13. The van der Waals surface area contributed by atoms with E-state index in [1.807, 2.05) is 0 Å². The van der Waals surface area contributed by atoms with Crippen LogP contribution in [-0.4, -0.2) is 14.7 Å². The van der Waals surface area contributed by atoms with Gasteiger partial charge < -0.3 is 0 Å². The second-order valence-electron chi connectivity index (χ2n) is 4.73. The SMILES string of the molecule is O=c1[nH]n(Cc2ccc(F)c(F)c2)c2ccc([N+](=O)[O-])cc12. The summed E-state index contributed by atoms with van der Waals surface area (Å²) in [5.74, 6) is -1.93. The number of aromatic amines is 1. The van der Waals surface area contributed by atoms with Crippen LogP contribution >= 0.6 is 0 Å². The first-order valence-electron chi connectivity index (χ1n) is 6.26. The zero-order valence-electron chi connectivity index (χ0n) is 11.0. The molecule has 1 heterocycles. The Kier molecular flexibility index (Phi) is 3.21. The van der Waals surface area contributed by atoms with Crippen molar-refractivity contribution in [2.45, 2.75) is 6.54 Å². The minimum absolute atomic E-state index is 0.105. The van der Waals surface area contributed by atoms with E-state index in [0.717, 1.165) is 12.1 Å². The molecule has 112 valence electrons. The average Bonchev–Trinajstić information content (AvgIpc) is 2.79. The number of nitrogens with one attached hydrogen (secondary N) is 1. The van der Waals surface area contributed by atoms with Gasteiger partial charge in [-0.1, -0.05) is 6.07 Å². The van der Waals surface area contributed by atoms with Gasteiger partial charge in [0.1, 0.15) is 0 Å². The lowest BCUT2D eigenvalue weighted by Gasteiger charge is -2.05. The van der Waals surface area contributed by atoms with Gasteiger partial charge in [-0.15, -0.1) is 0 Å². The van der Waals surface area contributed by atoms with E-state index in [2.05, 4.69) is 5.10 Å². The van der Waals surface area contributed by atoms with E-state index < -0.39 is 22.1 Å². The van der Waals surface area contributed by atoms with Gasteiger partial charge >= 0.3 is 0 Å². The van der Waals surface area contributed by atoms with Crippen LogP contribution in [0.15, 0.2) is 41.2 Å². The second kappa shape index (κ2) is 5.06. The number of non-ortho nitro benzene ring substituents is 1. The Balaban J connectivity index is 2.06. The largest absolute Gasteiger partial charge is 0.280 e. The normalized spacial score (nSPS) is 11.0. The van der Waals surface area contributed by atoms with Crippen LogP contribution in [0.25, 0.3) is 10.9 Å². The molecule has 0 fully saturated rings. The molecule has 0 amide bonds. The molecule has 0 saturated carbocycles. The molecule has 0 aliphatic carbocycles. The standard InChI is InChI=1S/C14H9F2N3O3/c15-11-3-1-8(5-12(11)16)7-18-13-4-2-9(19(21)22)6-10(13)14(20)17-18/h1-6H,7H2,(H,17,20). The number of aromatic nitrogens is 2. The van der Waals surface area contributed by atoms with E-state index in [1.54, 1.807) is 0 Å². The lowest BCUT2D eigenvalue weighted by molar-refractivity contribution is -0.384. The van der Waals surface area contributed by atoms with Crippen molar-refractivity contribution in [3.63, 3.8) is 0 Å². The van der Waals surface area contributed by atoms with Gasteiger partial charge in [-0.2, -0.15) is 0 Å². The molecule has 0 spiro atoms. The molecule has 0 atom stereocenters. The van der Waals surface area contributed by atoms with Gasteiger partial charge in [0.2, 0.25) is 0 Å². The molecule has 3 aromatic rings. The number of hydrogen-bond donors (Lipinski definition) is 1. The van der Waals surface area contributed by atoms with Gasteiger partial charge in [-0.25, -0.2) is 8.78 Å². The predicted molar refractivity (Wildman–Crippen MR) is 74.7 cm³/mol. The van der Waals surface area contributed by atoms with Crippen molar-refractivity contribution in [3.8, 4) is 0 Å². The molecule has 2 aromatic carbocycles. The highest BCUT2D eigenvalue weighted by Crippen LogP contribution is 2.19. The molecule has 3 rings (SSSR count). The highest BCUT2D eigenvalue weighted by atomic mass is 19.2. The molecule has 0 unspecified atom stereocenters. The molecular formula is C14H9F2N3O3. The van der Waals surface area contributed by atoms with Gasteiger partial charge in [0.15, 0.2) is 11.6 Å². The van der Waals surface area contributed by atoms with Crippen LogP contribution in [0.1, 0.15) is 5.56 Å². The highest BCUT2D eigenvalue weighted by molar-refractivity contribution is 5.81. The van der Waals surface area contributed by atoms with E-state index in [-0.39, 0.29) is 17.6 Å². The van der Waals surface area contributed by atoms with Crippen molar-refractivity contribution in [2.75, 3.05) is 0 Å². The molecule has 0 aliphatic rings. The number of halogens is 2. The van der Waals surface area contributed by atoms with E-state index in [0.29, 0.717) is 11.1 Å². The minimum Gasteiger partial charge on any atom is -0.280 e. The first-order valence-corrected chi connectivity index (χ1v) is 6.26. The van der Waals surface area contributed by atoms with Crippen LogP contribution in [0.4, 0.5) is 14.5 Å². The maximum atomic E-state index is 13.2. The number of H-pyrrole nitrogens is 1. The molecule has 8 heteroatoms. The predicted octanol–water partition coefficient (Wildman–Crippen LogP) is 2.56. The van der Waals surface area contributed by atoms with Gasteiger partial charge in [0.05, 0.1) is 22.4 Å². The Morgan fingerprint density at radius 2 is 1.91 bits per heavy atom. The summed E-state index contributed by atoms with van der Waals surface area (Å²) in [6.45, 7) is 0.105. The topological polar surface area (TPSA) is 80.9 Å². The molecule has 0 saturated heterocycles. The lowest BCUT2D eigenvalue weighted by Crippen LogP contribution is -2.07. The third kappa shape index (κ3) is 2.34. The number of rotatable bonds is 3. The molecule has 1 N–H and O–H groups in total. The molecule has 1 aromatic heterocycles. The summed E-state index contributed by atoms with van der Waals surface area (Å²) in [5.41, 5.74) is 0.218. The summed E-state index contributed by atoms with van der Waals surface area (Å²) >= 11 is 0. The summed E-state index contributed by atoms with van der Waals surface area (Å²) in [5, 5.41) is 13.4. The number of nitrogens with zero attached hydrogens (tertiary/aromatic N) is 2. The van der Waals surface area contributed by atoms with E-state index in [4.69, 9.17) is 0 Å². The van der Waals surface area contributed by atoms with Crippen molar-refractivity contribution in [2.24, 2.45) is 0 Å². The van der Waals surface area contributed by atoms with Crippen LogP contribution in [0, 0.1) is 21.7 Å². The summed E-state index contributed by atoms with van der Waals surface area (Å²) in [6, 6.07) is 7.32. The van der Waals surface area contributed by atoms with Crippen LogP contribution in [0.3, 0.4) is 0 Å². The summed E-state index contributed by atoms with van der Waals surface area (Å²) in [7, 11) is 0. The summed E-state index contributed by atoms with van der Waals surface area (Å²) in [6.07, 6.45) is 0. The zero-order valence-corrected chi connectivity index (χ0v) is 11.0. The number of fused-ring (bicyclic) bond motifs is 1. The van der Waals surface area contributed by atoms with Crippen molar-refractivity contribution in [1.82, 2.24) is 9.78 Å². The van der Waals surface area contributed by atoms with Crippen LogP contribution in [-0.2, 0) is 6.54 Å². The lowest BCUT2D eigenvalue weighted by atomic mass is 10.2. The van der Waals surface area contributed by atoms with E-state index >= 15 is 0 Å². The van der Waals surface area contributed by atoms with Crippen LogP contribution < -0.4 is 5.56 Å². The quantitative estimate of drug-likeness (QED) is 0.596. The molecule has 0 radical (unpaired) electrons. The fraction of sp³-hybridized carbons (Fsp3) is 0.0714. The molecule has 22 heavy (non-hydrogen) atoms. The van der Waals surface area contributed by atoms with Gasteiger partial charge in [-0.3, -0.25) is 24.7 Å². The number of hydrogen-bond acceptors (Lipinski definition) is 3.